The third-order valence-electron chi connectivity index (χ3n) is 3.43. The number of methoxy groups -OCH3 is 1. The van der Waals surface area contributed by atoms with E-state index in [9.17, 15) is 5.11 Å². The fourth-order valence-corrected chi connectivity index (χ4v) is 2.66. The molecule has 1 N–H and O–H groups in total. The van der Waals surface area contributed by atoms with Crippen LogP contribution in [0.5, 0.6) is 5.75 Å². The van der Waals surface area contributed by atoms with Crippen LogP contribution in [0.2, 0.25) is 0 Å². The highest BCUT2D eigenvalue weighted by molar-refractivity contribution is 9.10. The van der Waals surface area contributed by atoms with Crippen molar-refractivity contribution >= 4 is 15.9 Å². The lowest BCUT2D eigenvalue weighted by atomic mass is 9.95. The SMILES string of the molecule is COc1ccc(C(O)c2cccc(C)c2C)cc1Br. The molecule has 0 aromatic heterocycles. The van der Waals surface area contributed by atoms with Gasteiger partial charge in [-0.15, -0.1) is 0 Å². The Labute approximate surface area is 122 Å². The maximum atomic E-state index is 10.5. The predicted octanol–water partition coefficient (Wildman–Crippen LogP) is 4.16. The second-order valence-corrected chi connectivity index (χ2v) is 5.44. The molecule has 2 rings (SSSR count). The zero-order valence-electron chi connectivity index (χ0n) is 11.3. The van der Waals surface area contributed by atoms with Crippen LogP contribution in [0.25, 0.3) is 0 Å². The molecule has 0 saturated heterocycles. The summed E-state index contributed by atoms with van der Waals surface area (Å²) in [6.45, 7) is 4.09. The van der Waals surface area contributed by atoms with E-state index in [1.165, 1.54) is 5.56 Å². The van der Waals surface area contributed by atoms with Gasteiger partial charge in [-0.2, -0.15) is 0 Å². The van der Waals surface area contributed by atoms with E-state index in [1.807, 2.05) is 37.3 Å². The molecule has 19 heavy (non-hydrogen) atoms. The number of hydrogen-bond acceptors (Lipinski definition) is 2. The molecule has 100 valence electrons. The van der Waals surface area contributed by atoms with Crippen LogP contribution in [0, 0.1) is 13.8 Å². The predicted molar refractivity (Wildman–Crippen MR) is 80.7 cm³/mol. The minimum Gasteiger partial charge on any atom is -0.496 e. The summed E-state index contributed by atoms with van der Waals surface area (Å²) >= 11 is 3.45. The third kappa shape index (κ3) is 2.82. The Morgan fingerprint density at radius 1 is 1.16 bits per heavy atom. The van der Waals surface area contributed by atoms with E-state index in [0.717, 1.165) is 26.9 Å². The molecule has 0 saturated carbocycles. The van der Waals surface area contributed by atoms with Crippen molar-refractivity contribution in [3.63, 3.8) is 0 Å². The van der Waals surface area contributed by atoms with Gasteiger partial charge in [-0.1, -0.05) is 24.3 Å². The van der Waals surface area contributed by atoms with Crippen molar-refractivity contribution in [1.29, 1.82) is 0 Å². The summed E-state index contributed by atoms with van der Waals surface area (Å²) in [5.74, 6) is 0.761. The highest BCUT2D eigenvalue weighted by Gasteiger charge is 2.15. The Hall–Kier alpha value is -1.32. The van der Waals surface area contributed by atoms with Crippen LogP contribution in [0.15, 0.2) is 40.9 Å². The van der Waals surface area contributed by atoms with Crippen molar-refractivity contribution in [2.75, 3.05) is 7.11 Å². The van der Waals surface area contributed by atoms with Gasteiger partial charge in [-0.25, -0.2) is 0 Å². The van der Waals surface area contributed by atoms with Crippen LogP contribution in [-0.4, -0.2) is 12.2 Å². The topological polar surface area (TPSA) is 29.5 Å². The van der Waals surface area contributed by atoms with Crippen LogP contribution >= 0.6 is 15.9 Å². The number of ether oxygens (including phenoxy) is 1. The molecule has 1 atom stereocenters. The summed E-state index contributed by atoms with van der Waals surface area (Å²) < 4.78 is 6.04. The monoisotopic (exact) mass is 320 g/mol. The summed E-state index contributed by atoms with van der Waals surface area (Å²) in [5.41, 5.74) is 4.10. The van der Waals surface area contributed by atoms with Gasteiger partial charge in [-0.05, 0) is 64.2 Å². The van der Waals surface area contributed by atoms with Gasteiger partial charge in [0.15, 0.2) is 0 Å². The van der Waals surface area contributed by atoms with Crippen molar-refractivity contribution in [3.8, 4) is 5.75 Å². The first kappa shape index (κ1) is 14.1. The molecule has 0 spiro atoms. The fourth-order valence-electron chi connectivity index (χ4n) is 2.10. The van der Waals surface area contributed by atoms with Gasteiger partial charge in [0.25, 0.3) is 0 Å². The van der Waals surface area contributed by atoms with Crippen molar-refractivity contribution in [2.45, 2.75) is 20.0 Å². The van der Waals surface area contributed by atoms with E-state index in [0.29, 0.717) is 0 Å². The Morgan fingerprint density at radius 2 is 1.89 bits per heavy atom. The highest BCUT2D eigenvalue weighted by Crippen LogP contribution is 2.32. The molecule has 0 bridgehead atoms. The van der Waals surface area contributed by atoms with Gasteiger partial charge in [0.1, 0.15) is 11.9 Å². The molecule has 0 fully saturated rings. The lowest BCUT2D eigenvalue weighted by Gasteiger charge is -2.16. The van der Waals surface area contributed by atoms with Crippen LogP contribution in [-0.2, 0) is 0 Å². The maximum absolute atomic E-state index is 10.5. The summed E-state index contributed by atoms with van der Waals surface area (Å²) in [5, 5.41) is 10.5. The van der Waals surface area contributed by atoms with Crippen LogP contribution in [0.1, 0.15) is 28.4 Å². The van der Waals surface area contributed by atoms with Crippen molar-refractivity contribution in [3.05, 3.63) is 63.1 Å². The average Bonchev–Trinajstić information content (AvgIpc) is 2.41. The quantitative estimate of drug-likeness (QED) is 0.920. The summed E-state index contributed by atoms with van der Waals surface area (Å²) in [6, 6.07) is 11.6. The molecule has 0 heterocycles. The van der Waals surface area contributed by atoms with Crippen molar-refractivity contribution in [2.24, 2.45) is 0 Å². The Bertz CT molecular complexity index is 593. The zero-order valence-corrected chi connectivity index (χ0v) is 12.9. The number of aliphatic hydroxyl groups is 1. The minimum atomic E-state index is -0.623. The molecule has 0 radical (unpaired) electrons. The lowest BCUT2D eigenvalue weighted by Crippen LogP contribution is -2.03. The normalized spacial score (nSPS) is 12.3. The average molecular weight is 321 g/mol. The molecule has 0 aliphatic heterocycles. The number of halogens is 1. The molecule has 0 aliphatic carbocycles. The first-order chi connectivity index (χ1) is 9.04. The van der Waals surface area contributed by atoms with Crippen LogP contribution in [0.3, 0.4) is 0 Å². The number of aliphatic hydroxyl groups excluding tert-OH is 1. The van der Waals surface area contributed by atoms with E-state index >= 15 is 0 Å². The van der Waals surface area contributed by atoms with Crippen LogP contribution in [0.4, 0.5) is 0 Å². The van der Waals surface area contributed by atoms with E-state index in [1.54, 1.807) is 7.11 Å². The second-order valence-electron chi connectivity index (χ2n) is 4.59. The molecule has 2 aromatic rings. The fraction of sp³-hybridized carbons (Fsp3) is 0.250. The molecule has 1 unspecified atom stereocenters. The molecule has 2 nitrogen and oxygen atoms in total. The highest BCUT2D eigenvalue weighted by atomic mass is 79.9. The van der Waals surface area contributed by atoms with E-state index < -0.39 is 6.10 Å². The standard InChI is InChI=1S/C16H17BrO2/c1-10-5-4-6-13(11(10)2)16(18)12-7-8-15(19-3)14(17)9-12/h4-9,16,18H,1-3H3. The first-order valence-corrected chi connectivity index (χ1v) is 6.91. The summed E-state index contributed by atoms with van der Waals surface area (Å²) in [6.07, 6.45) is -0.623. The van der Waals surface area contributed by atoms with E-state index in [2.05, 4.69) is 28.9 Å². The van der Waals surface area contributed by atoms with E-state index in [4.69, 9.17) is 4.74 Å². The molecule has 3 heteroatoms. The molecular weight excluding hydrogens is 304 g/mol. The van der Waals surface area contributed by atoms with Gasteiger partial charge >= 0.3 is 0 Å². The third-order valence-corrected chi connectivity index (χ3v) is 4.05. The molecule has 0 amide bonds. The summed E-state index contributed by atoms with van der Waals surface area (Å²) in [4.78, 5) is 0. The van der Waals surface area contributed by atoms with Gasteiger partial charge in [0, 0.05) is 0 Å². The summed E-state index contributed by atoms with van der Waals surface area (Å²) in [7, 11) is 1.63. The number of benzene rings is 2. The lowest BCUT2D eigenvalue weighted by molar-refractivity contribution is 0.219. The molecule has 0 aliphatic rings. The minimum absolute atomic E-state index is 0.623. The Morgan fingerprint density at radius 3 is 2.53 bits per heavy atom. The van der Waals surface area contributed by atoms with Crippen molar-refractivity contribution in [1.82, 2.24) is 0 Å². The zero-order chi connectivity index (χ0) is 14.0. The molecule has 2 aromatic carbocycles. The smallest absolute Gasteiger partial charge is 0.133 e. The number of hydrogen-bond donors (Lipinski definition) is 1. The van der Waals surface area contributed by atoms with E-state index in [-0.39, 0.29) is 0 Å². The van der Waals surface area contributed by atoms with Gasteiger partial charge in [0.05, 0.1) is 11.6 Å². The van der Waals surface area contributed by atoms with Crippen molar-refractivity contribution < 1.29 is 9.84 Å². The van der Waals surface area contributed by atoms with Gasteiger partial charge < -0.3 is 9.84 Å². The molecular formula is C16H17BrO2. The first-order valence-electron chi connectivity index (χ1n) is 6.12. The number of aryl methyl sites for hydroxylation is 1. The largest absolute Gasteiger partial charge is 0.496 e. The number of rotatable bonds is 3. The Balaban J connectivity index is 2.41. The second kappa shape index (κ2) is 5.76. The van der Waals surface area contributed by atoms with Gasteiger partial charge in [-0.3, -0.25) is 0 Å². The maximum Gasteiger partial charge on any atom is 0.133 e. The van der Waals surface area contributed by atoms with Crippen LogP contribution < -0.4 is 4.74 Å². The van der Waals surface area contributed by atoms with Gasteiger partial charge in [0.2, 0.25) is 0 Å². The Kier molecular flexibility index (Phi) is 4.27.